The highest BCUT2D eigenvalue weighted by atomic mass is 16.7. The molecule has 1 fully saturated rings. The summed E-state index contributed by atoms with van der Waals surface area (Å²) >= 11 is 0. The third-order valence-corrected chi connectivity index (χ3v) is 5.25. The van der Waals surface area contributed by atoms with Gasteiger partial charge in [0.25, 0.3) is 0 Å². The summed E-state index contributed by atoms with van der Waals surface area (Å²) in [5, 5.41) is 0. The van der Waals surface area contributed by atoms with Crippen LogP contribution in [0.5, 0.6) is 11.5 Å². The molecule has 1 aromatic carbocycles. The molecule has 1 aromatic rings. The van der Waals surface area contributed by atoms with E-state index in [1.54, 1.807) is 0 Å². The summed E-state index contributed by atoms with van der Waals surface area (Å²) in [6.45, 7) is 2.32. The van der Waals surface area contributed by atoms with E-state index in [1.807, 2.05) is 6.07 Å². The number of piperidine rings is 1. The van der Waals surface area contributed by atoms with E-state index >= 15 is 0 Å². The van der Waals surface area contributed by atoms with Gasteiger partial charge in [-0.3, -0.25) is 4.79 Å². The predicted molar refractivity (Wildman–Crippen MR) is 99.0 cm³/mol. The number of carbonyl (C=O) groups excluding carboxylic acids is 1. The molecule has 4 nitrogen and oxygen atoms in total. The van der Waals surface area contributed by atoms with Crippen LogP contribution in [0.1, 0.15) is 69.8 Å². The summed E-state index contributed by atoms with van der Waals surface area (Å²) in [4.78, 5) is 14.1. The van der Waals surface area contributed by atoms with Crippen molar-refractivity contribution in [2.75, 3.05) is 19.9 Å². The Morgan fingerprint density at radius 1 is 0.880 bits per heavy atom. The summed E-state index contributed by atoms with van der Waals surface area (Å²) in [5.41, 5.74) is 1.33. The average molecular weight is 345 g/mol. The van der Waals surface area contributed by atoms with Crippen molar-refractivity contribution in [2.24, 2.45) is 0 Å². The number of rotatable bonds is 9. The maximum absolute atomic E-state index is 12.1. The monoisotopic (exact) mass is 345 g/mol. The number of hydrogen-bond donors (Lipinski definition) is 0. The molecule has 25 heavy (non-hydrogen) atoms. The Hall–Kier alpha value is -1.71. The minimum atomic E-state index is 0.346. The number of benzene rings is 1. The standard InChI is InChI=1S/C21H31NO3/c23-21(22-14-8-5-9-15-22)11-7-4-2-1-3-6-10-18-12-13-19-20(16-18)25-17-24-19/h12-13,16H,1-11,14-15,17H2. The molecule has 2 aliphatic heterocycles. The number of amides is 1. The maximum atomic E-state index is 12.1. The largest absolute Gasteiger partial charge is 0.454 e. The first-order chi connectivity index (χ1) is 12.3. The minimum Gasteiger partial charge on any atom is -0.454 e. The number of hydrogen-bond acceptors (Lipinski definition) is 3. The van der Waals surface area contributed by atoms with Crippen LogP contribution >= 0.6 is 0 Å². The molecule has 4 heteroatoms. The number of ether oxygens (including phenoxy) is 2. The highest BCUT2D eigenvalue weighted by Gasteiger charge is 2.15. The summed E-state index contributed by atoms with van der Waals surface area (Å²) < 4.78 is 10.8. The van der Waals surface area contributed by atoms with E-state index in [2.05, 4.69) is 17.0 Å². The molecular formula is C21H31NO3. The molecule has 0 unspecified atom stereocenters. The molecule has 1 saturated heterocycles. The molecule has 0 spiro atoms. The highest BCUT2D eigenvalue weighted by Crippen LogP contribution is 2.32. The van der Waals surface area contributed by atoms with E-state index in [0.717, 1.165) is 43.9 Å². The van der Waals surface area contributed by atoms with Crippen LogP contribution < -0.4 is 9.47 Å². The van der Waals surface area contributed by atoms with Gasteiger partial charge in [0, 0.05) is 19.5 Å². The Morgan fingerprint density at radius 2 is 1.60 bits per heavy atom. The van der Waals surface area contributed by atoms with Crippen molar-refractivity contribution in [3.63, 3.8) is 0 Å². The zero-order valence-corrected chi connectivity index (χ0v) is 15.3. The number of likely N-dealkylation sites (tertiary alicyclic amines) is 1. The van der Waals surface area contributed by atoms with Gasteiger partial charge >= 0.3 is 0 Å². The predicted octanol–water partition coefficient (Wildman–Crippen LogP) is 4.70. The lowest BCUT2D eigenvalue weighted by Gasteiger charge is -2.26. The van der Waals surface area contributed by atoms with Crippen LogP contribution in [0.3, 0.4) is 0 Å². The topological polar surface area (TPSA) is 38.8 Å². The molecule has 2 aliphatic rings. The quantitative estimate of drug-likeness (QED) is 0.609. The normalized spacial score (nSPS) is 16.2. The van der Waals surface area contributed by atoms with Crippen molar-refractivity contribution in [3.8, 4) is 11.5 Å². The van der Waals surface area contributed by atoms with Crippen LogP contribution in [-0.2, 0) is 11.2 Å². The molecule has 138 valence electrons. The number of aryl methyl sites for hydroxylation is 1. The van der Waals surface area contributed by atoms with E-state index in [9.17, 15) is 4.79 Å². The summed E-state index contributed by atoms with van der Waals surface area (Å²) in [7, 11) is 0. The number of nitrogens with zero attached hydrogens (tertiary/aromatic N) is 1. The van der Waals surface area contributed by atoms with Crippen LogP contribution in [0.4, 0.5) is 0 Å². The van der Waals surface area contributed by atoms with Crippen LogP contribution in [0, 0.1) is 0 Å². The lowest BCUT2D eigenvalue weighted by Crippen LogP contribution is -2.35. The molecule has 3 rings (SSSR count). The van der Waals surface area contributed by atoms with Crippen LogP contribution in [-0.4, -0.2) is 30.7 Å². The van der Waals surface area contributed by atoms with Gasteiger partial charge in [-0.25, -0.2) is 0 Å². The third-order valence-electron chi connectivity index (χ3n) is 5.25. The first-order valence-electron chi connectivity index (χ1n) is 9.99. The zero-order chi connectivity index (χ0) is 17.3. The van der Waals surface area contributed by atoms with Gasteiger partial charge in [0.05, 0.1) is 0 Å². The van der Waals surface area contributed by atoms with Crippen molar-refractivity contribution in [1.82, 2.24) is 4.90 Å². The fraction of sp³-hybridized carbons (Fsp3) is 0.667. The number of fused-ring (bicyclic) bond motifs is 1. The molecule has 0 saturated carbocycles. The lowest BCUT2D eigenvalue weighted by atomic mass is 10.0. The second-order valence-corrected chi connectivity index (χ2v) is 7.25. The van der Waals surface area contributed by atoms with Gasteiger partial charge < -0.3 is 14.4 Å². The summed E-state index contributed by atoms with van der Waals surface area (Å²) in [6.07, 6.45) is 12.7. The Bertz CT molecular complexity index is 552. The molecular weight excluding hydrogens is 314 g/mol. The molecule has 0 bridgehead atoms. The van der Waals surface area contributed by atoms with Gasteiger partial charge in [-0.15, -0.1) is 0 Å². The van der Waals surface area contributed by atoms with Crippen LogP contribution in [0.25, 0.3) is 0 Å². The van der Waals surface area contributed by atoms with Crippen LogP contribution in [0.15, 0.2) is 18.2 Å². The second-order valence-electron chi connectivity index (χ2n) is 7.25. The van der Waals surface area contributed by atoms with Crippen molar-refractivity contribution >= 4 is 5.91 Å². The third kappa shape index (κ3) is 5.65. The molecule has 2 heterocycles. The number of carbonyl (C=O) groups is 1. The van der Waals surface area contributed by atoms with E-state index in [-0.39, 0.29) is 0 Å². The number of unbranched alkanes of at least 4 members (excludes halogenated alkanes) is 5. The molecule has 0 aliphatic carbocycles. The van der Waals surface area contributed by atoms with Gasteiger partial charge in [-0.1, -0.05) is 31.7 Å². The zero-order valence-electron chi connectivity index (χ0n) is 15.3. The minimum absolute atomic E-state index is 0.346. The van der Waals surface area contributed by atoms with Gasteiger partial charge in [0.2, 0.25) is 12.7 Å². The first kappa shape index (κ1) is 18.1. The van der Waals surface area contributed by atoms with Crippen molar-refractivity contribution in [1.29, 1.82) is 0 Å². The van der Waals surface area contributed by atoms with Gasteiger partial charge in [-0.05, 0) is 56.2 Å². The average Bonchev–Trinajstić information content (AvgIpc) is 3.12. The molecule has 0 aromatic heterocycles. The van der Waals surface area contributed by atoms with Crippen molar-refractivity contribution < 1.29 is 14.3 Å². The molecule has 0 atom stereocenters. The highest BCUT2D eigenvalue weighted by molar-refractivity contribution is 5.76. The molecule has 0 N–H and O–H groups in total. The first-order valence-corrected chi connectivity index (χ1v) is 9.99. The van der Waals surface area contributed by atoms with Gasteiger partial charge in [-0.2, -0.15) is 0 Å². The van der Waals surface area contributed by atoms with E-state index in [1.165, 1.54) is 56.9 Å². The second kappa shape index (κ2) is 9.69. The Morgan fingerprint density at radius 3 is 2.44 bits per heavy atom. The fourth-order valence-electron chi connectivity index (χ4n) is 3.71. The Balaban J connectivity index is 1.19. The Kier molecular flexibility index (Phi) is 7.01. The SMILES string of the molecule is O=C(CCCCCCCCc1ccc2c(c1)OCO2)N1CCCCC1. The van der Waals surface area contributed by atoms with Crippen molar-refractivity contribution in [2.45, 2.75) is 70.6 Å². The lowest BCUT2D eigenvalue weighted by molar-refractivity contribution is -0.132. The van der Waals surface area contributed by atoms with E-state index in [0.29, 0.717) is 12.7 Å². The van der Waals surface area contributed by atoms with Crippen molar-refractivity contribution in [3.05, 3.63) is 23.8 Å². The van der Waals surface area contributed by atoms with E-state index in [4.69, 9.17) is 9.47 Å². The van der Waals surface area contributed by atoms with Gasteiger partial charge in [0.15, 0.2) is 11.5 Å². The van der Waals surface area contributed by atoms with E-state index < -0.39 is 0 Å². The molecule has 0 radical (unpaired) electrons. The summed E-state index contributed by atoms with van der Waals surface area (Å²) in [5.74, 6) is 2.13. The summed E-state index contributed by atoms with van der Waals surface area (Å²) in [6, 6.07) is 6.26. The maximum Gasteiger partial charge on any atom is 0.231 e. The van der Waals surface area contributed by atoms with Crippen LogP contribution in [0.2, 0.25) is 0 Å². The Labute approximate surface area is 151 Å². The smallest absolute Gasteiger partial charge is 0.231 e. The fourth-order valence-corrected chi connectivity index (χ4v) is 3.71. The molecule has 1 amide bonds. The van der Waals surface area contributed by atoms with Gasteiger partial charge in [0.1, 0.15) is 0 Å².